The van der Waals surface area contributed by atoms with Crippen molar-refractivity contribution in [1.29, 1.82) is 0 Å². The van der Waals surface area contributed by atoms with E-state index in [0.29, 0.717) is 0 Å². The molecule has 0 bridgehead atoms. The highest BCUT2D eigenvalue weighted by atomic mass is 19.1. The van der Waals surface area contributed by atoms with E-state index in [-0.39, 0.29) is 32.6 Å². The number of esters is 1. The highest BCUT2D eigenvalue weighted by Gasteiger charge is 2.51. The molecule has 6 nitrogen and oxygen atoms in total. The van der Waals surface area contributed by atoms with Crippen LogP contribution in [0.25, 0.3) is 0 Å². The maximum atomic E-state index is 14.9. The smallest absolute Gasteiger partial charge is 0.410 e. The molecule has 1 unspecified atom stereocenters. The minimum Gasteiger partial charge on any atom is -0.463 e. The molecular formula is C17H20FNO5. The van der Waals surface area contributed by atoms with E-state index in [1.807, 2.05) is 6.07 Å². The van der Waals surface area contributed by atoms with Gasteiger partial charge in [0.25, 0.3) is 5.67 Å². The van der Waals surface area contributed by atoms with Crippen LogP contribution < -0.4 is 0 Å². The van der Waals surface area contributed by atoms with Crippen molar-refractivity contribution in [3.63, 3.8) is 0 Å². The Morgan fingerprint density at radius 1 is 1.25 bits per heavy atom. The van der Waals surface area contributed by atoms with E-state index in [4.69, 9.17) is 4.74 Å². The quantitative estimate of drug-likeness (QED) is 0.622. The van der Waals surface area contributed by atoms with Crippen LogP contribution in [0, 0.1) is 0 Å². The second-order valence-corrected chi connectivity index (χ2v) is 5.51. The van der Waals surface area contributed by atoms with Gasteiger partial charge < -0.3 is 14.4 Å². The van der Waals surface area contributed by atoms with Gasteiger partial charge in [0.2, 0.25) is 0 Å². The van der Waals surface area contributed by atoms with Crippen LogP contribution in [0.5, 0.6) is 0 Å². The van der Waals surface area contributed by atoms with E-state index in [1.165, 1.54) is 6.92 Å². The number of Topliss-reactive ketones (excluding diaryl/α,β-unsaturated/α-hetero) is 1. The van der Waals surface area contributed by atoms with Gasteiger partial charge in [-0.25, -0.2) is 14.0 Å². The zero-order chi connectivity index (χ0) is 17.6. The van der Waals surface area contributed by atoms with Gasteiger partial charge in [-0.1, -0.05) is 30.3 Å². The molecule has 0 saturated carbocycles. The fourth-order valence-corrected chi connectivity index (χ4v) is 2.45. The SMILES string of the molecule is CCOC(=O)C1(F)CN(C(=O)OCc2ccccc2)CCCC1=O. The van der Waals surface area contributed by atoms with E-state index in [1.54, 1.807) is 24.3 Å². The van der Waals surface area contributed by atoms with Gasteiger partial charge in [0.05, 0.1) is 13.2 Å². The molecule has 24 heavy (non-hydrogen) atoms. The number of nitrogens with zero attached hydrogens (tertiary/aromatic N) is 1. The number of rotatable bonds is 4. The third-order valence-electron chi connectivity index (χ3n) is 3.74. The van der Waals surface area contributed by atoms with Crippen LogP contribution in [-0.4, -0.2) is 48.1 Å². The van der Waals surface area contributed by atoms with Crippen molar-refractivity contribution in [2.24, 2.45) is 0 Å². The lowest BCUT2D eigenvalue weighted by molar-refractivity contribution is -0.162. The van der Waals surface area contributed by atoms with E-state index in [2.05, 4.69) is 4.74 Å². The molecule has 1 saturated heterocycles. The molecule has 1 fully saturated rings. The number of halogens is 1. The van der Waals surface area contributed by atoms with Crippen LogP contribution >= 0.6 is 0 Å². The molecule has 1 heterocycles. The lowest BCUT2D eigenvalue weighted by Crippen LogP contribution is -2.52. The summed E-state index contributed by atoms with van der Waals surface area (Å²) in [6, 6.07) is 9.03. The zero-order valence-corrected chi connectivity index (χ0v) is 13.5. The van der Waals surface area contributed by atoms with Crippen LogP contribution in [0.4, 0.5) is 9.18 Å². The molecule has 1 aliphatic heterocycles. The molecule has 0 spiro atoms. The van der Waals surface area contributed by atoms with Crippen molar-refractivity contribution in [3.05, 3.63) is 35.9 Å². The van der Waals surface area contributed by atoms with Crippen molar-refractivity contribution in [3.8, 4) is 0 Å². The Morgan fingerprint density at radius 2 is 1.96 bits per heavy atom. The number of likely N-dealkylation sites (tertiary alicyclic amines) is 1. The first-order valence-electron chi connectivity index (χ1n) is 7.82. The van der Waals surface area contributed by atoms with Gasteiger partial charge >= 0.3 is 12.1 Å². The van der Waals surface area contributed by atoms with Crippen LogP contribution in [-0.2, 0) is 25.7 Å². The molecule has 1 atom stereocenters. The van der Waals surface area contributed by atoms with Crippen molar-refractivity contribution < 1.29 is 28.2 Å². The number of hydrogen-bond acceptors (Lipinski definition) is 5. The Hall–Kier alpha value is -2.44. The summed E-state index contributed by atoms with van der Waals surface area (Å²) in [4.78, 5) is 37.0. The predicted molar refractivity (Wildman–Crippen MR) is 82.9 cm³/mol. The summed E-state index contributed by atoms with van der Waals surface area (Å²) >= 11 is 0. The number of ether oxygens (including phenoxy) is 2. The number of carbonyl (C=O) groups excluding carboxylic acids is 3. The number of hydrogen-bond donors (Lipinski definition) is 0. The lowest BCUT2D eigenvalue weighted by Gasteiger charge is -2.26. The number of benzene rings is 1. The minimum absolute atomic E-state index is 0.0306. The molecule has 0 N–H and O–H groups in total. The first-order chi connectivity index (χ1) is 11.5. The lowest BCUT2D eigenvalue weighted by atomic mass is 9.98. The second kappa shape index (κ2) is 7.90. The molecule has 7 heteroatoms. The van der Waals surface area contributed by atoms with Gasteiger partial charge in [-0.05, 0) is 18.9 Å². The fraction of sp³-hybridized carbons (Fsp3) is 0.471. The highest BCUT2D eigenvalue weighted by Crippen LogP contribution is 2.24. The maximum absolute atomic E-state index is 14.9. The molecule has 0 radical (unpaired) electrons. The van der Waals surface area contributed by atoms with Gasteiger partial charge in [-0.15, -0.1) is 0 Å². The zero-order valence-electron chi connectivity index (χ0n) is 13.5. The van der Waals surface area contributed by atoms with E-state index >= 15 is 0 Å². The Balaban J connectivity index is 2.04. The molecule has 1 aromatic carbocycles. The maximum Gasteiger partial charge on any atom is 0.410 e. The van der Waals surface area contributed by atoms with Crippen molar-refractivity contribution in [2.75, 3.05) is 19.7 Å². The Bertz CT molecular complexity index is 606. The average Bonchev–Trinajstić information content (AvgIpc) is 2.74. The summed E-state index contributed by atoms with van der Waals surface area (Å²) < 4.78 is 24.7. The summed E-state index contributed by atoms with van der Waals surface area (Å²) in [6.07, 6.45) is -0.623. The highest BCUT2D eigenvalue weighted by molar-refractivity contribution is 6.08. The van der Waals surface area contributed by atoms with E-state index in [9.17, 15) is 18.8 Å². The Morgan fingerprint density at radius 3 is 2.62 bits per heavy atom. The van der Waals surface area contributed by atoms with Crippen LogP contribution in [0.2, 0.25) is 0 Å². The molecule has 1 aromatic rings. The van der Waals surface area contributed by atoms with Crippen molar-refractivity contribution in [2.45, 2.75) is 32.0 Å². The summed E-state index contributed by atoms with van der Waals surface area (Å²) in [6.45, 7) is 0.968. The third kappa shape index (κ3) is 4.10. The normalized spacial score (nSPS) is 21.1. The second-order valence-electron chi connectivity index (χ2n) is 5.51. The first-order valence-corrected chi connectivity index (χ1v) is 7.82. The minimum atomic E-state index is -2.84. The van der Waals surface area contributed by atoms with Gasteiger partial charge in [0.15, 0.2) is 5.78 Å². The van der Waals surface area contributed by atoms with Crippen LogP contribution in [0.3, 0.4) is 0 Å². The van der Waals surface area contributed by atoms with E-state index in [0.717, 1.165) is 10.5 Å². The van der Waals surface area contributed by atoms with Gasteiger partial charge in [-0.3, -0.25) is 4.79 Å². The third-order valence-corrected chi connectivity index (χ3v) is 3.74. The molecule has 0 aromatic heterocycles. The molecule has 0 aliphatic carbocycles. The average molecular weight is 337 g/mol. The number of alkyl halides is 1. The number of amides is 1. The van der Waals surface area contributed by atoms with Crippen molar-refractivity contribution in [1.82, 2.24) is 4.90 Å². The van der Waals surface area contributed by atoms with Crippen LogP contribution in [0.15, 0.2) is 30.3 Å². The predicted octanol–water partition coefficient (Wildman–Crippen LogP) is 2.26. The first kappa shape index (κ1) is 17.9. The number of carbonyl (C=O) groups is 3. The number of ketones is 1. The fourth-order valence-electron chi connectivity index (χ4n) is 2.45. The molecular weight excluding hydrogens is 317 g/mol. The standard InChI is InChI=1S/C17H20FNO5/c1-2-23-15(21)17(18)12-19(10-6-9-14(17)20)16(22)24-11-13-7-4-3-5-8-13/h3-5,7-8H,2,6,9-12H2,1H3. The largest absolute Gasteiger partial charge is 0.463 e. The van der Waals surface area contributed by atoms with Gasteiger partial charge in [0, 0.05) is 13.0 Å². The monoisotopic (exact) mass is 337 g/mol. The molecule has 130 valence electrons. The molecule has 2 rings (SSSR count). The molecule has 1 amide bonds. The van der Waals surface area contributed by atoms with Gasteiger partial charge in [0.1, 0.15) is 6.61 Å². The Labute approximate surface area is 139 Å². The summed E-state index contributed by atoms with van der Waals surface area (Å²) in [5, 5.41) is 0. The Kier molecular flexibility index (Phi) is 5.89. The van der Waals surface area contributed by atoms with Crippen LogP contribution in [0.1, 0.15) is 25.3 Å². The van der Waals surface area contributed by atoms with Gasteiger partial charge in [-0.2, -0.15) is 0 Å². The van der Waals surface area contributed by atoms with E-state index < -0.39 is 30.1 Å². The van der Waals surface area contributed by atoms with Crippen molar-refractivity contribution >= 4 is 17.8 Å². The topological polar surface area (TPSA) is 72.9 Å². The summed E-state index contributed by atoms with van der Waals surface area (Å²) in [7, 11) is 0. The molecule has 1 aliphatic rings. The summed E-state index contributed by atoms with van der Waals surface area (Å²) in [5.74, 6) is -2.11. The summed E-state index contributed by atoms with van der Waals surface area (Å²) in [5.41, 5.74) is -2.05.